The average molecular weight is 348 g/mol. The van der Waals surface area contributed by atoms with Gasteiger partial charge in [0.15, 0.2) is 5.76 Å². The summed E-state index contributed by atoms with van der Waals surface area (Å²) >= 11 is 0. The highest BCUT2D eigenvalue weighted by atomic mass is 16.5. The number of carbonyl (C=O) groups excluding carboxylic acids is 1. The van der Waals surface area contributed by atoms with Crippen LogP contribution in [0.5, 0.6) is 0 Å². The van der Waals surface area contributed by atoms with Crippen LogP contribution in [0.15, 0.2) is 53.1 Å². The summed E-state index contributed by atoms with van der Waals surface area (Å²) in [7, 11) is 0. The van der Waals surface area contributed by atoms with E-state index in [-0.39, 0.29) is 11.9 Å². The van der Waals surface area contributed by atoms with Crippen LogP contribution in [-0.2, 0) is 4.74 Å². The normalized spacial score (nSPS) is 24.7. The number of hydrogen-bond donors (Lipinski definition) is 1. The number of benzene rings is 1. The van der Waals surface area contributed by atoms with E-state index in [9.17, 15) is 4.79 Å². The summed E-state index contributed by atoms with van der Waals surface area (Å²) in [6, 6.07) is 13.4. The molecule has 0 radical (unpaired) electrons. The molecule has 5 nitrogen and oxygen atoms in total. The summed E-state index contributed by atoms with van der Waals surface area (Å²) < 4.78 is 11.4. The second kappa shape index (κ2) is 6.25. The molecule has 1 aromatic carbocycles. The number of aromatic nitrogens is 1. The standard InChI is InChI=1S/C21H20N2O3/c24-21(22-13-10-14-7-8-15(11-13)26-14)17-12-19(20-6-3-9-25-20)23-18-5-2-1-4-16(17)18/h1-6,9,12-15H,7-8,10-11H2,(H,22,24). The Morgan fingerprint density at radius 3 is 2.65 bits per heavy atom. The van der Waals surface area contributed by atoms with Gasteiger partial charge in [-0.1, -0.05) is 18.2 Å². The molecule has 0 aliphatic carbocycles. The van der Waals surface area contributed by atoms with Crippen molar-refractivity contribution in [3.8, 4) is 11.5 Å². The molecule has 5 heteroatoms. The van der Waals surface area contributed by atoms with Crippen LogP contribution in [0.1, 0.15) is 36.0 Å². The third kappa shape index (κ3) is 2.78. The number of furan rings is 1. The molecule has 5 rings (SSSR count). The summed E-state index contributed by atoms with van der Waals surface area (Å²) in [6.45, 7) is 0. The molecule has 1 amide bonds. The molecule has 0 spiro atoms. The molecular weight excluding hydrogens is 328 g/mol. The van der Waals surface area contributed by atoms with Gasteiger partial charge in [-0.15, -0.1) is 0 Å². The fourth-order valence-corrected chi connectivity index (χ4v) is 4.15. The van der Waals surface area contributed by atoms with Crippen LogP contribution in [0.4, 0.5) is 0 Å². The number of pyridine rings is 1. The summed E-state index contributed by atoms with van der Waals surface area (Å²) in [6.07, 6.45) is 6.23. The number of hydrogen-bond acceptors (Lipinski definition) is 4. The van der Waals surface area contributed by atoms with Crippen molar-refractivity contribution in [3.05, 3.63) is 54.3 Å². The summed E-state index contributed by atoms with van der Waals surface area (Å²) in [5.41, 5.74) is 2.10. The largest absolute Gasteiger partial charge is 0.463 e. The van der Waals surface area contributed by atoms with Gasteiger partial charge in [0.2, 0.25) is 0 Å². The zero-order valence-corrected chi connectivity index (χ0v) is 14.4. The van der Waals surface area contributed by atoms with Crippen LogP contribution in [-0.4, -0.2) is 29.1 Å². The lowest BCUT2D eigenvalue weighted by Gasteiger charge is -2.29. The molecule has 2 aliphatic heterocycles. The zero-order chi connectivity index (χ0) is 17.5. The van der Waals surface area contributed by atoms with Crippen molar-refractivity contribution in [1.82, 2.24) is 10.3 Å². The minimum absolute atomic E-state index is 0.0530. The highest BCUT2D eigenvalue weighted by molar-refractivity contribution is 6.07. The number of para-hydroxylation sites is 1. The fourth-order valence-electron chi connectivity index (χ4n) is 4.15. The van der Waals surface area contributed by atoms with Crippen molar-refractivity contribution in [2.75, 3.05) is 0 Å². The van der Waals surface area contributed by atoms with E-state index >= 15 is 0 Å². The van der Waals surface area contributed by atoms with Crippen molar-refractivity contribution < 1.29 is 13.9 Å². The number of ether oxygens (including phenoxy) is 1. The quantitative estimate of drug-likeness (QED) is 0.779. The van der Waals surface area contributed by atoms with E-state index in [0.717, 1.165) is 36.6 Å². The molecule has 4 heterocycles. The molecule has 2 atom stereocenters. The lowest BCUT2D eigenvalue weighted by atomic mass is 10.0. The van der Waals surface area contributed by atoms with Crippen LogP contribution in [0.3, 0.4) is 0 Å². The molecule has 0 saturated carbocycles. The van der Waals surface area contributed by atoms with Crippen molar-refractivity contribution >= 4 is 16.8 Å². The van der Waals surface area contributed by atoms with Gasteiger partial charge in [0, 0.05) is 11.4 Å². The van der Waals surface area contributed by atoms with Crippen LogP contribution >= 0.6 is 0 Å². The van der Waals surface area contributed by atoms with Crippen LogP contribution in [0.25, 0.3) is 22.4 Å². The van der Waals surface area contributed by atoms with Gasteiger partial charge in [-0.2, -0.15) is 0 Å². The Balaban J connectivity index is 1.49. The first kappa shape index (κ1) is 15.6. The molecule has 26 heavy (non-hydrogen) atoms. The second-order valence-electron chi connectivity index (χ2n) is 7.15. The highest BCUT2D eigenvalue weighted by Crippen LogP contribution is 2.33. The number of carbonyl (C=O) groups is 1. The molecule has 2 aromatic heterocycles. The van der Waals surface area contributed by atoms with E-state index in [1.807, 2.05) is 42.5 Å². The van der Waals surface area contributed by atoms with Crippen LogP contribution in [0, 0.1) is 0 Å². The summed E-state index contributed by atoms with van der Waals surface area (Å²) in [4.78, 5) is 17.7. The molecule has 2 saturated heterocycles. The van der Waals surface area contributed by atoms with Crippen molar-refractivity contribution in [3.63, 3.8) is 0 Å². The third-order valence-corrected chi connectivity index (χ3v) is 5.36. The Labute approximate surface area is 151 Å². The molecule has 2 unspecified atom stereocenters. The molecule has 3 aromatic rings. The molecule has 2 aliphatic rings. The number of amides is 1. The molecule has 2 bridgehead atoms. The van der Waals surface area contributed by atoms with Crippen molar-refractivity contribution in [1.29, 1.82) is 0 Å². The van der Waals surface area contributed by atoms with E-state index in [2.05, 4.69) is 10.3 Å². The Kier molecular flexibility index (Phi) is 3.75. The first-order valence-corrected chi connectivity index (χ1v) is 9.16. The fraction of sp³-hybridized carbons (Fsp3) is 0.333. The maximum Gasteiger partial charge on any atom is 0.252 e. The number of nitrogens with one attached hydrogen (secondary N) is 1. The van der Waals surface area contributed by atoms with E-state index in [1.165, 1.54) is 0 Å². The van der Waals surface area contributed by atoms with Gasteiger partial charge in [0.1, 0.15) is 5.69 Å². The van der Waals surface area contributed by atoms with Gasteiger partial charge in [0.25, 0.3) is 5.91 Å². The molecular formula is C21H20N2O3. The third-order valence-electron chi connectivity index (χ3n) is 5.36. The number of rotatable bonds is 3. The molecule has 2 fully saturated rings. The SMILES string of the molecule is O=C(NC1CC2CCC(C1)O2)c1cc(-c2ccco2)nc2ccccc12. The Hall–Kier alpha value is -2.66. The minimum Gasteiger partial charge on any atom is -0.463 e. The lowest BCUT2D eigenvalue weighted by molar-refractivity contribution is -0.00773. The highest BCUT2D eigenvalue weighted by Gasteiger charge is 2.35. The second-order valence-corrected chi connectivity index (χ2v) is 7.15. The monoisotopic (exact) mass is 348 g/mol. The maximum absolute atomic E-state index is 13.1. The lowest BCUT2D eigenvalue weighted by Crippen LogP contribution is -2.42. The van der Waals surface area contributed by atoms with Gasteiger partial charge in [-0.3, -0.25) is 4.79 Å². The van der Waals surface area contributed by atoms with E-state index < -0.39 is 0 Å². The Morgan fingerprint density at radius 2 is 1.88 bits per heavy atom. The van der Waals surface area contributed by atoms with E-state index in [0.29, 0.717) is 29.2 Å². The topological polar surface area (TPSA) is 64.4 Å². The van der Waals surface area contributed by atoms with E-state index in [1.54, 1.807) is 6.26 Å². The van der Waals surface area contributed by atoms with Gasteiger partial charge in [-0.25, -0.2) is 4.98 Å². The summed E-state index contributed by atoms with van der Waals surface area (Å²) in [5.74, 6) is 0.608. The smallest absolute Gasteiger partial charge is 0.252 e. The molecule has 1 N–H and O–H groups in total. The van der Waals surface area contributed by atoms with Gasteiger partial charge in [-0.05, 0) is 49.9 Å². The minimum atomic E-state index is -0.0530. The van der Waals surface area contributed by atoms with Gasteiger partial charge < -0.3 is 14.5 Å². The van der Waals surface area contributed by atoms with Crippen molar-refractivity contribution in [2.45, 2.75) is 43.9 Å². The van der Waals surface area contributed by atoms with Crippen molar-refractivity contribution in [2.24, 2.45) is 0 Å². The zero-order valence-electron chi connectivity index (χ0n) is 14.4. The first-order chi connectivity index (χ1) is 12.8. The van der Waals surface area contributed by atoms with Gasteiger partial charge in [0.05, 0.1) is 29.6 Å². The maximum atomic E-state index is 13.1. The number of nitrogens with zero attached hydrogens (tertiary/aromatic N) is 1. The van der Waals surface area contributed by atoms with Gasteiger partial charge >= 0.3 is 0 Å². The summed E-state index contributed by atoms with van der Waals surface area (Å²) in [5, 5.41) is 4.08. The van der Waals surface area contributed by atoms with Crippen LogP contribution in [0.2, 0.25) is 0 Å². The van der Waals surface area contributed by atoms with Crippen LogP contribution < -0.4 is 5.32 Å². The van der Waals surface area contributed by atoms with E-state index in [4.69, 9.17) is 9.15 Å². The first-order valence-electron chi connectivity index (χ1n) is 9.16. The Bertz CT molecular complexity index is 939. The predicted molar refractivity (Wildman–Crippen MR) is 97.8 cm³/mol. The predicted octanol–water partition coefficient (Wildman–Crippen LogP) is 3.93. The Morgan fingerprint density at radius 1 is 1.08 bits per heavy atom. The average Bonchev–Trinajstić information content (AvgIpc) is 3.30. The number of fused-ring (bicyclic) bond motifs is 3. The molecule has 132 valence electrons.